The third-order valence-corrected chi connectivity index (χ3v) is 2.73. The van der Waals surface area contributed by atoms with Crippen LogP contribution in [0.25, 0.3) is 5.57 Å². The molecule has 0 heterocycles. The molecule has 0 unspecified atom stereocenters. The van der Waals surface area contributed by atoms with E-state index in [4.69, 9.17) is 4.74 Å². The molecule has 1 aromatic rings. The van der Waals surface area contributed by atoms with E-state index in [1.54, 1.807) is 7.11 Å². The van der Waals surface area contributed by atoms with Crippen molar-refractivity contribution >= 4 is 5.57 Å². The molecule has 0 saturated carbocycles. The maximum Gasteiger partial charge on any atom is 0.119 e. The molecule has 0 radical (unpaired) electrons. The molecule has 1 nitrogen and oxygen atoms in total. The lowest BCUT2D eigenvalue weighted by Crippen LogP contribution is -1.88. The average Bonchev–Trinajstić information content (AvgIpc) is 2.39. The molecule has 0 atom stereocenters. The molecule has 0 saturated heterocycles. The van der Waals surface area contributed by atoms with Gasteiger partial charge in [0.05, 0.1) is 7.11 Å². The minimum absolute atomic E-state index is 0.922. The Bertz CT molecular complexity index is 388. The molecule has 1 aromatic carbocycles. The third-order valence-electron chi connectivity index (χ3n) is 2.73. The van der Waals surface area contributed by atoms with E-state index >= 15 is 0 Å². The number of unbranched alkanes of at least 4 members (excludes halogenated alkanes) is 1. The van der Waals surface area contributed by atoms with E-state index < -0.39 is 0 Å². The van der Waals surface area contributed by atoms with E-state index in [9.17, 15) is 0 Å². The molecule has 1 heteroatoms. The second-order valence-electron chi connectivity index (χ2n) is 4.05. The van der Waals surface area contributed by atoms with E-state index in [1.165, 1.54) is 24.0 Å². The van der Waals surface area contributed by atoms with Gasteiger partial charge in [-0.2, -0.15) is 0 Å². The van der Waals surface area contributed by atoms with Crippen LogP contribution in [0.15, 0.2) is 42.5 Å². The van der Waals surface area contributed by atoms with Crippen LogP contribution in [0, 0.1) is 0 Å². The zero-order valence-corrected chi connectivity index (χ0v) is 11.1. The summed E-state index contributed by atoms with van der Waals surface area (Å²) in [6, 6.07) is 8.28. The third kappa shape index (κ3) is 4.48. The highest BCUT2D eigenvalue weighted by Crippen LogP contribution is 2.24. The Morgan fingerprint density at radius 2 is 2.18 bits per heavy atom. The van der Waals surface area contributed by atoms with Gasteiger partial charge in [-0.05, 0) is 43.0 Å². The van der Waals surface area contributed by atoms with Gasteiger partial charge in [-0.1, -0.05) is 43.7 Å². The lowest BCUT2D eigenvalue weighted by atomic mass is 9.99. The standard InChI is InChI=1S/C16H22O/c1-4-6-9-14(10-7-5-2)15-11-8-12-16(13-15)17-3/h4,6,8-9,11-13H,5,7,10H2,1-3H3/b6-4+,14-9+. The monoisotopic (exact) mass is 230 g/mol. The first-order valence-electron chi connectivity index (χ1n) is 6.28. The number of allylic oxidation sites excluding steroid dienone is 4. The normalized spacial score (nSPS) is 12.1. The fraction of sp³-hybridized carbons (Fsp3) is 0.375. The van der Waals surface area contributed by atoms with E-state index in [-0.39, 0.29) is 0 Å². The molecule has 0 aliphatic carbocycles. The summed E-state index contributed by atoms with van der Waals surface area (Å²) in [5.41, 5.74) is 2.64. The van der Waals surface area contributed by atoms with Crippen LogP contribution < -0.4 is 4.74 Å². The molecule has 92 valence electrons. The van der Waals surface area contributed by atoms with E-state index in [0.717, 1.165) is 12.2 Å². The number of rotatable bonds is 6. The zero-order chi connectivity index (χ0) is 12.5. The fourth-order valence-electron chi connectivity index (χ4n) is 1.73. The van der Waals surface area contributed by atoms with Crippen LogP contribution in [0.2, 0.25) is 0 Å². The van der Waals surface area contributed by atoms with Crippen LogP contribution in [0.1, 0.15) is 38.7 Å². The first-order valence-corrected chi connectivity index (χ1v) is 6.28. The van der Waals surface area contributed by atoms with E-state index in [0.29, 0.717) is 0 Å². The molecule has 0 bridgehead atoms. The summed E-state index contributed by atoms with van der Waals surface area (Å²) in [6.07, 6.45) is 9.92. The van der Waals surface area contributed by atoms with Crippen LogP contribution >= 0.6 is 0 Å². The molecule has 0 spiro atoms. The van der Waals surface area contributed by atoms with Crippen molar-refractivity contribution in [3.05, 3.63) is 48.1 Å². The largest absolute Gasteiger partial charge is 0.497 e. The summed E-state index contributed by atoms with van der Waals surface area (Å²) in [5, 5.41) is 0. The highest BCUT2D eigenvalue weighted by Gasteiger charge is 2.01. The zero-order valence-electron chi connectivity index (χ0n) is 11.1. The summed E-state index contributed by atoms with van der Waals surface area (Å²) in [4.78, 5) is 0. The van der Waals surface area contributed by atoms with Gasteiger partial charge in [0.15, 0.2) is 0 Å². The molecule has 0 aromatic heterocycles. The topological polar surface area (TPSA) is 9.23 Å². The maximum atomic E-state index is 5.27. The highest BCUT2D eigenvalue weighted by molar-refractivity contribution is 5.68. The molecule has 17 heavy (non-hydrogen) atoms. The van der Waals surface area contributed by atoms with Gasteiger partial charge in [0.25, 0.3) is 0 Å². The molecular formula is C16H22O. The van der Waals surface area contributed by atoms with Crippen LogP contribution in [0.3, 0.4) is 0 Å². The summed E-state index contributed by atoms with van der Waals surface area (Å²) in [5.74, 6) is 0.922. The van der Waals surface area contributed by atoms with Gasteiger partial charge >= 0.3 is 0 Å². The van der Waals surface area contributed by atoms with Crippen molar-refractivity contribution in [1.29, 1.82) is 0 Å². The summed E-state index contributed by atoms with van der Waals surface area (Å²) in [7, 11) is 1.71. The second kappa shape index (κ2) is 7.72. The van der Waals surface area contributed by atoms with Crippen molar-refractivity contribution in [1.82, 2.24) is 0 Å². The predicted molar refractivity (Wildman–Crippen MR) is 75.3 cm³/mol. The minimum atomic E-state index is 0.922. The van der Waals surface area contributed by atoms with Gasteiger partial charge in [0.1, 0.15) is 5.75 Å². The minimum Gasteiger partial charge on any atom is -0.497 e. The van der Waals surface area contributed by atoms with Gasteiger partial charge in [0.2, 0.25) is 0 Å². The van der Waals surface area contributed by atoms with Crippen molar-refractivity contribution in [3.8, 4) is 5.75 Å². The molecule has 1 rings (SSSR count). The first kappa shape index (κ1) is 13.6. The summed E-state index contributed by atoms with van der Waals surface area (Å²) in [6.45, 7) is 4.26. The molecule has 0 amide bonds. The highest BCUT2D eigenvalue weighted by atomic mass is 16.5. The molecule has 0 N–H and O–H groups in total. The van der Waals surface area contributed by atoms with Crippen LogP contribution in [-0.4, -0.2) is 7.11 Å². The number of methoxy groups -OCH3 is 1. The number of benzene rings is 1. The Hall–Kier alpha value is -1.50. The van der Waals surface area contributed by atoms with E-state index in [2.05, 4.69) is 37.3 Å². The molecular weight excluding hydrogens is 208 g/mol. The Labute approximate surface area is 105 Å². The van der Waals surface area contributed by atoms with Gasteiger partial charge in [-0.25, -0.2) is 0 Å². The Morgan fingerprint density at radius 1 is 1.35 bits per heavy atom. The molecule has 0 aliphatic heterocycles. The Kier molecular flexibility index (Phi) is 6.16. The number of hydrogen-bond acceptors (Lipinski definition) is 1. The van der Waals surface area contributed by atoms with Gasteiger partial charge in [-0.3, -0.25) is 0 Å². The first-order chi connectivity index (χ1) is 8.31. The lowest BCUT2D eigenvalue weighted by molar-refractivity contribution is 0.414. The summed E-state index contributed by atoms with van der Waals surface area (Å²) >= 11 is 0. The number of hydrogen-bond donors (Lipinski definition) is 0. The van der Waals surface area contributed by atoms with Crippen molar-refractivity contribution < 1.29 is 4.74 Å². The van der Waals surface area contributed by atoms with Gasteiger partial charge in [-0.15, -0.1) is 0 Å². The van der Waals surface area contributed by atoms with Crippen molar-refractivity contribution in [2.45, 2.75) is 33.1 Å². The van der Waals surface area contributed by atoms with Crippen molar-refractivity contribution in [3.63, 3.8) is 0 Å². The molecule has 0 fully saturated rings. The lowest BCUT2D eigenvalue weighted by Gasteiger charge is -2.08. The average molecular weight is 230 g/mol. The molecule has 0 aliphatic rings. The Balaban J connectivity index is 2.94. The fourth-order valence-corrected chi connectivity index (χ4v) is 1.73. The summed E-state index contributed by atoms with van der Waals surface area (Å²) < 4.78 is 5.27. The van der Waals surface area contributed by atoms with Gasteiger partial charge < -0.3 is 4.74 Å². The van der Waals surface area contributed by atoms with E-state index in [1.807, 2.05) is 19.1 Å². The quantitative estimate of drug-likeness (QED) is 0.635. The second-order valence-corrected chi connectivity index (χ2v) is 4.05. The van der Waals surface area contributed by atoms with Crippen LogP contribution in [0.4, 0.5) is 0 Å². The number of ether oxygens (including phenoxy) is 1. The van der Waals surface area contributed by atoms with Gasteiger partial charge in [0, 0.05) is 0 Å². The SMILES string of the molecule is C/C=C/C=C(\CCCC)c1cccc(OC)c1. The Morgan fingerprint density at radius 3 is 2.82 bits per heavy atom. The maximum absolute atomic E-state index is 5.27. The van der Waals surface area contributed by atoms with Crippen LogP contribution in [0.5, 0.6) is 5.75 Å². The van der Waals surface area contributed by atoms with Crippen LogP contribution in [-0.2, 0) is 0 Å². The predicted octanol–water partition coefficient (Wildman–Crippen LogP) is 4.84. The smallest absolute Gasteiger partial charge is 0.119 e. The van der Waals surface area contributed by atoms with Crippen molar-refractivity contribution in [2.24, 2.45) is 0 Å². The van der Waals surface area contributed by atoms with Crippen molar-refractivity contribution in [2.75, 3.05) is 7.11 Å².